The molecular weight excluding hydrogens is 616 g/mol. The minimum atomic E-state index is -1.19. The summed E-state index contributed by atoms with van der Waals surface area (Å²) in [5.41, 5.74) is -2.75. The molecule has 3 aliphatic carbocycles. The molecule has 14 atom stereocenters. The molecule has 10 heteroatoms. The van der Waals surface area contributed by atoms with Crippen molar-refractivity contribution in [3.63, 3.8) is 0 Å². The minimum absolute atomic E-state index is 0.0488. The first-order chi connectivity index (χ1) is 22.8. The fourth-order valence-corrected chi connectivity index (χ4v) is 11.2. The predicted octanol–water partition coefficient (Wildman–Crippen LogP) is 4.02. The van der Waals surface area contributed by atoms with Crippen LogP contribution in [0, 0.1) is 17.3 Å². The Morgan fingerprint density at radius 2 is 1.31 bits per heavy atom. The third-order valence-electron chi connectivity index (χ3n) is 13.9. The summed E-state index contributed by atoms with van der Waals surface area (Å²) in [6.07, 6.45) is 4.29. The van der Waals surface area contributed by atoms with Crippen molar-refractivity contribution in [2.75, 3.05) is 0 Å². The molecule has 0 unspecified atom stereocenters. The molecular formula is C38H52O10. The molecule has 10 aliphatic rings. The first-order valence-electron chi connectivity index (χ1n) is 18.7. The Balaban J connectivity index is 1.25. The van der Waals surface area contributed by atoms with Gasteiger partial charge in [-0.15, -0.1) is 0 Å². The Morgan fingerprint density at radius 1 is 0.729 bits per heavy atom. The lowest BCUT2D eigenvalue weighted by molar-refractivity contribution is -0.246. The van der Waals surface area contributed by atoms with Gasteiger partial charge in [0.05, 0.1) is 47.3 Å². The van der Waals surface area contributed by atoms with Gasteiger partial charge in [-0.25, -0.2) is 0 Å². The smallest absolute Gasteiger partial charge is 0.191 e. The number of aliphatic hydroxyl groups excluding tert-OH is 2. The van der Waals surface area contributed by atoms with Gasteiger partial charge in [-0.1, -0.05) is 46.0 Å². The van der Waals surface area contributed by atoms with Crippen LogP contribution in [0.5, 0.6) is 0 Å². The molecule has 6 fully saturated rings. The largest absolute Gasteiger partial charge is 0.498 e. The predicted molar refractivity (Wildman–Crippen MR) is 171 cm³/mol. The summed E-state index contributed by atoms with van der Waals surface area (Å²) in [6, 6.07) is 0. The van der Waals surface area contributed by atoms with E-state index >= 15 is 4.79 Å². The van der Waals surface area contributed by atoms with Crippen LogP contribution in [0.1, 0.15) is 106 Å². The Labute approximate surface area is 282 Å². The van der Waals surface area contributed by atoms with Crippen LogP contribution in [-0.4, -0.2) is 99.1 Å². The van der Waals surface area contributed by atoms with Gasteiger partial charge in [-0.05, 0) is 52.5 Å². The number of hydrogen-bond acceptors (Lipinski definition) is 10. The quantitative estimate of drug-likeness (QED) is 0.288. The summed E-state index contributed by atoms with van der Waals surface area (Å²) in [5, 5.41) is 22.3. The van der Waals surface area contributed by atoms with E-state index in [-0.39, 0.29) is 42.5 Å². The van der Waals surface area contributed by atoms with Crippen LogP contribution in [-0.2, 0) is 38.0 Å². The van der Waals surface area contributed by atoms with Gasteiger partial charge >= 0.3 is 0 Å². The number of ketones is 2. The molecule has 5 saturated heterocycles. The van der Waals surface area contributed by atoms with E-state index < -0.39 is 76.5 Å². The molecule has 48 heavy (non-hydrogen) atoms. The average molecular weight is 669 g/mol. The van der Waals surface area contributed by atoms with Gasteiger partial charge in [-0.2, -0.15) is 0 Å². The zero-order chi connectivity index (χ0) is 33.8. The van der Waals surface area contributed by atoms with Gasteiger partial charge in [0.1, 0.15) is 35.6 Å². The van der Waals surface area contributed by atoms with Crippen LogP contribution < -0.4 is 0 Å². The van der Waals surface area contributed by atoms with Gasteiger partial charge in [0.15, 0.2) is 17.7 Å². The molecule has 7 heterocycles. The fourth-order valence-electron chi connectivity index (χ4n) is 11.2. The molecule has 0 aromatic rings. The molecule has 10 rings (SSSR count). The first-order valence-corrected chi connectivity index (χ1v) is 18.7. The Morgan fingerprint density at radius 3 is 1.96 bits per heavy atom. The van der Waals surface area contributed by atoms with Crippen molar-refractivity contribution in [2.24, 2.45) is 17.3 Å². The Kier molecular flexibility index (Phi) is 6.88. The number of Topliss-reactive ketones (excluding diaryl/α,β-unsaturated/α-hetero) is 2. The second kappa shape index (κ2) is 10.2. The van der Waals surface area contributed by atoms with Crippen molar-refractivity contribution in [1.82, 2.24) is 0 Å². The third kappa shape index (κ3) is 3.84. The number of carbonyl (C=O) groups excluding carboxylic acids is 2. The Hall–Kier alpha value is -1.66. The molecule has 0 amide bonds. The van der Waals surface area contributed by atoms with Gasteiger partial charge in [-0.3, -0.25) is 9.59 Å². The standard InChI is InChI=1S/C38H52O10/c1-7-9-11-13-19-23-24-25(30-37(32(47-37)27(24)41)16-22(40)35(5,6)46-30)31(44-19)38-18(17-43-20(26(23)38)14-12-10-8-2)29-36(33(48-36)28(38)42)15-21(39)34(3,4)45-29/h17,19-23,26,29-33,39-40H,7-16H2,1-6H3/t19-,20+,21+,22+,23-,26-,29+,30+,31+,32+,33+,36-,37-,38+/m1/s1. The molecule has 10 nitrogen and oxygen atoms in total. The number of fused-ring (bicyclic) bond motifs is 2. The second-order valence-electron chi connectivity index (χ2n) is 17.4. The topological polar surface area (TPSA) is 137 Å². The maximum absolute atomic E-state index is 15.4. The van der Waals surface area contributed by atoms with Crippen molar-refractivity contribution in [3.05, 3.63) is 23.0 Å². The maximum atomic E-state index is 15.4. The molecule has 0 aromatic heterocycles. The molecule has 2 bridgehead atoms. The number of rotatable bonds is 8. The fraction of sp³-hybridized carbons (Fsp3) is 0.842. The van der Waals surface area contributed by atoms with E-state index in [1.54, 1.807) is 6.26 Å². The van der Waals surface area contributed by atoms with Gasteiger partial charge < -0.3 is 38.6 Å². The number of epoxide rings is 2. The number of ether oxygens (including phenoxy) is 6. The third-order valence-corrected chi connectivity index (χ3v) is 13.9. The van der Waals surface area contributed by atoms with Crippen LogP contribution >= 0.6 is 0 Å². The molecule has 3 spiro atoms. The van der Waals surface area contributed by atoms with E-state index in [1.807, 2.05) is 27.7 Å². The maximum Gasteiger partial charge on any atom is 0.191 e. The lowest BCUT2D eigenvalue weighted by Crippen LogP contribution is -2.76. The lowest BCUT2D eigenvalue weighted by atomic mass is 9.43. The molecule has 7 aliphatic heterocycles. The highest BCUT2D eigenvalue weighted by Gasteiger charge is 2.86. The van der Waals surface area contributed by atoms with Crippen molar-refractivity contribution in [2.45, 2.75) is 183 Å². The summed E-state index contributed by atoms with van der Waals surface area (Å²) in [5.74, 6) is -0.863. The monoisotopic (exact) mass is 668 g/mol. The van der Waals surface area contributed by atoms with E-state index in [9.17, 15) is 15.0 Å². The van der Waals surface area contributed by atoms with E-state index in [0.717, 1.165) is 56.9 Å². The highest BCUT2D eigenvalue weighted by Crippen LogP contribution is 2.73. The van der Waals surface area contributed by atoms with Crippen molar-refractivity contribution >= 4 is 11.6 Å². The van der Waals surface area contributed by atoms with E-state index in [1.165, 1.54) is 0 Å². The van der Waals surface area contributed by atoms with Crippen LogP contribution in [0.2, 0.25) is 0 Å². The van der Waals surface area contributed by atoms with E-state index in [2.05, 4.69) is 13.8 Å². The molecule has 2 N–H and O–H groups in total. The zero-order valence-corrected chi connectivity index (χ0v) is 29.2. The Bertz CT molecular complexity index is 1500. The summed E-state index contributed by atoms with van der Waals surface area (Å²) >= 11 is 0. The highest BCUT2D eigenvalue weighted by atomic mass is 16.7. The minimum Gasteiger partial charge on any atom is -0.498 e. The number of carbonyl (C=O) groups is 2. The number of unbranched alkanes of at least 4 members (excludes halogenated alkanes) is 4. The van der Waals surface area contributed by atoms with Gasteiger partial charge in [0.25, 0.3) is 0 Å². The van der Waals surface area contributed by atoms with Crippen LogP contribution in [0.4, 0.5) is 0 Å². The van der Waals surface area contributed by atoms with Gasteiger partial charge in [0.2, 0.25) is 0 Å². The number of hydrogen-bond donors (Lipinski definition) is 2. The highest BCUT2D eigenvalue weighted by molar-refractivity contribution is 6.07. The summed E-state index contributed by atoms with van der Waals surface area (Å²) in [7, 11) is 0. The molecule has 1 saturated carbocycles. The summed E-state index contributed by atoms with van der Waals surface area (Å²) in [4.78, 5) is 30.1. The van der Waals surface area contributed by atoms with Crippen molar-refractivity contribution in [3.8, 4) is 0 Å². The van der Waals surface area contributed by atoms with Crippen molar-refractivity contribution < 1.29 is 48.2 Å². The van der Waals surface area contributed by atoms with Crippen LogP contribution in [0.15, 0.2) is 23.0 Å². The lowest BCUT2D eigenvalue weighted by Gasteiger charge is -2.66. The van der Waals surface area contributed by atoms with E-state index in [0.29, 0.717) is 11.1 Å². The summed E-state index contributed by atoms with van der Waals surface area (Å²) < 4.78 is 40.3. The summed E-state index contributed by atoms with van der Waals surface area (Å²) in [6.45, 7) is 11.9. The zero-order valence-electron chi connectivity index (χ0n) is 29.2. The average Bonchev–Trinajstić information content (AvgIpc) is 3.95. The van der Waals surface area contributed by atoms with Crippen LogP contribution in [0.25, 0.3) is 0 Å². The first kappa shape index (κ1) is 32.3. The van der Waals surface area contributed by atoms with Gasteiger partial charge in [0, 0.05) is 35.8 Å². The molecule has 264 valence electrons. The second-order valence-corrected chi connectivity index (χ2v) is 17.4. The SMILES string of the molecule is CCCCC[C@@H]1OC=C2[C@@H]3OC(C)(C)[C@@H](O)C[C@@]34O[C@H]4C(=O)[C@@]23[C@H]1[C@H]1C2=C([C@@H]4OC(C)(C)[C@@H](O)C[C@@]45O[C@H]5C2=O)[C@@H]3O[C@@H]1CCCCC. The van der Waals surface area contributed by atoms with E-state index in [4.69, 9.17) is 28.4 Å². The van der Waals surface area contributed by atoms with Crippen LogP contribution in [0.3, 0.4) is 0 Å². The normalized spacial score (nSPS) is 51.2. The molecule has 0 radical (unpaired) electrons. The van der Waals surface area contributed by atoms with Crippen molar-refractivity contribution in [1.29, 1.82) is 0 Å². The number of aliphatic hydroxyl groups is 2. The molecule has 0 aromatic carbocycles.